The Hall–Kier alpha value is -2.00. The summed E-state index contributed by atoms with van der Waals surface area (Å²) in [6, 6.07) is 5.33. The molecule has 0 aromatic heterocycles. The van der Waals surface area contributed by atoms with Crippen molar-refractivity contribution in [3.05, 3.63) is 24.3 Å². The van der Waals surface area contributed by atoms with E-state index < -0.39 is 12.4 Å². The van der Waals surface area contributed by atoms with Crippen molar-refractivity contribution < 1.29 is 27.8 Å². The van der Waals surface area contributed by atoms with E-state index in [2.05, 4.69) is 9.64 Å². The number of likely N-dealkylation sites (tertiary alicyclic amines) is 1. The van der Waals surface area contributed by atoms with Crippen LogP contribution in [0.3, 0.4) is 0 Å². The molecular formula is C23H32F3N3O3. The molecule has 2 saturated heterocycles. The number of hydrogen-bond acceptors (Lipinski definition) is 5. The van der Waals surface area contributed by atoms with Gasteiger partial charge in [-0.05, 0) is 69.7 Å². The molecule has 4 rings (SSSR count). The van der Waals surface area contributed by atoms with E-state index in [1.54, 1.807) is 13.0 Å². The highest BCUT2D eigenvalue weighted by atomic mass is 19.4. The van der Waals surface area contributed by atoms with E-state index in [0.29, 0.717) is 25.3 Å². The van der Waals surface area contributed by atoms with Crippen LogP contribution in [0.5, 0.6) is 5.75 Å². The van der Waals surface area contributed by atoms with Gasteiger partial charge in [-0.2, -0.15) is 0 Å². The molecule has 3 fully saturated rings. The van der Waals surface area contributed by atoms with E-state index in [-0.39, 0.29) is 23.2 Å². The molecule has 1 aliphatic carbocycles. The molecule has 0 bridgehead atoms. The summed E-state index contributed by atoms with van der Waals surface area (Å²) >= 11 is 0. The molecule has 1 N–H and O–H groups in total. The summed E-state index contributed by atoms with van der Waals surface area (Å²) in [5, 5.41) is 10.3. The topological polar surface area (TPSA) is 56.2 Å². The van der Waals surface area contributed by atoms with E-state index in [0.717, 1.165) is 51.7 Å². The zero-order valence-corrected chi connectivity index (χ0v) is 18.5. The number of nitrogens with zero attached hydrogens (tertiary/aromatic N) is 3. The van der Waals surface area contributed by atoms with Gasteiger partial charge in [0.25, 0.3) is 0 Å². The number of amides is 1. The molecule has 1 unspecified atom stereocenters. The van der Waals surface area contributed by atoms with Gasteiger partial charge in [-0.15, -0.1) is 13.2 Å². The summed E-state index contributed by atoms with van der Waals surface area (Å²) in [4.78, 5) is 18.9. The number of carbonyl (C=O) groups is 1. The number of hydrogen-bond donors (Lipinski definition) is 1. The highest BCUT2D eigenvalue weighted by molar-refractivity contribution is 5.86. The van der Waals surface area contributed by atoms with Gasteiger partial charge in [0, 0.05) is 37.9 Å². The fourth-order valence-electron chi connectivity index (χ4n) is 5.03. The van der Waals surface area contributed by atoms with Crippen molar-refractivity contribution in [2.45, 2.75) is 57.5 Å². The van der Waals surface area contributed by atoms with Gasteiger partial charge in [-0.1, -0.05) is 6.07 Å². The lowest BCUT2D eigenvalue weighted by molar-refractivity contribution is -0.274. The van der Waals surface area contributed by atoms with E-state index in [1.807, 2.05) is 9.80 Å². The maximum atomic E-state index is 12.9. The lowest BCUT2D eigenvalue weighted by atomic mass is 9.90. The van der Waals surface area contributed by atoms with E-state index >= 15 is 0 Å². The number of ether oxygens (including phenoxy) is 1. The molecule has 1 aromatic rings. The third kappa shape index (κ3) is 5.31. The van der Waals surface area contributed by atoms with Crippen LogP contribution in [-0.4, -0.2) is 78.6 Å². The smallest absolute Gasteiger partial charge is 0.406 e. The lowest BCUT2D eigenvalue weighted by Gasteiger charge is -2.40. The van der Waals surface area contributed by atoms with Gasteiger partial charge >= 0.3 is 6.36 Å². The van der Waals surface area contributed by atoms with Gasteiger partial charge in [0.15, 0.2) is 0 Å². The van der Waals surface area contributed by atoms with Crippen LogP contribution < -0.4 is 9.64 Å². The van der Waals surface area contributed by atoms with Gasteiger partial charge in [-0.25, -0.2) is 0 Å². The maximum absolute atomic E-state index is 12.9. The van der Waals surface area contributed by atoms with Gasteiger partial charge in [0.1, 0.15) is 11.8 Å². The first-order valence-electron chi connectivity index (χ1n) is 11.5. The molecular weight excluding hydrogens is 423 g/mol. The number of aliphatic hydroxyl groups excluding tert-OH is 1. The molecule has 178 valence electrons. The van der Waals surface area contributed by atoms with E-state index in [9.17, 15) is 23.1 Å². The van der Waals surface area contributed by atoms with E-state index in [1.165, 1.54) is 18.2 Å². The zero-order chi connectivity index (χ0) is 22.9. The summed E-state index contributed by atoms with van der Waals surface area (Å²) in [6.45, 7) is 6.29. The number of piperidine rings is 1. The van der Waals surface area contributed by atoms with Crippen LogP contribution in [0.4, 0.5) is 18.9 Å². The Bertz CT molecular complexity index is 815. The lowest BCUT2D eigenvalue weighted by Crippen LogP contribution is -2.56. The van der Waals surface area contributed by atoms with Crippen molar-refractivity contribution in [1.82, 2.24) is 9.80 Å². The molecule has 1 amide bonds. The molecule has 0 radical (unpaired) electrons. The second-order valence-corrected chi connectivity index (χ2v) is 9.38. The first-order chi connectivity index (χ1) is 15.2. The zero-order valence-electron chi connectivity index (χ0n) is 18.5. The summed E-state index contributed by atoms with van der Waals surface area (Å²) in [6.07, 6.45) is 0.323. The van der Waals surface area contributed by atoms with Gasteiger partial charge < -0.3 is 24.5 Å². The summed E-state index contributed by atoms with van der Waals surface area (Å²) in [5.41, 5.74) is 0.765. The Labute approximate surface area is 186 Å². The van der Waals surface area contributed by atoms with Crippen molar-refractivity contribution in [2.24, 2.45) is 5.41 Å². The second kappa shape index (κ2) is 9.09. The molecule has 2 heterocycles. The predicted octanol–water partition coefficient (Wildman–Crippen LogP) is 3.25. The number of piperazine rings is 1. The third-order valence-electron chi connectivity index (χ3n) is 7.24. The third-order valence-corrected chi connectivity index (χ3v) is 7.24. The van der Waals surface area contributed by atoms with Crippen LogP contribution in [-0.2, 0) is 4.79 Å². The number of aliphatic hydroxyl groups is 1. The number of β-amino-alcohol motifs (C(OH)–C–C–N with tert-alkyl or cyclic N) is 1. The van der Waals surface area contributed by atoms with Crippen molar-refractivity contribution in [1.29, 1.82) is 0 Å². The van der Waals surface area contributed by atoms with Crippen molar-refractivity contribution in [3.8, 4) is 5.75 Å². The molecule has 1 aromatic carbocycles. The predicted molar refractivity (Wildman–Crippen MR) is 114 cm³/mol. The van der Waals surface area contributed by atoms with Crippen molar-refractivity contribution in [2.75, 3.05) is 44.2 Å². The fraction of sp³-hybridized carbons (Fsp3) is 0.696. The molecule has 6 nitrogen and oxygen atoms in total. The summed E-state index contributed by atoms with van der Waals surface area (Å²) in [7, 11) is 0. The number of unbranched alkanes of at least 4 members (excludes halogenated alkanes) is 1. The average Bonchev–Trinajstić information content (AvgIpc) is 3.51. The normalized spacial score (nSPS) is 26.0. The highest BCUT2D eigenvalue weighted by Gasteiger charge is 2.51. The molecule has 32 heavy (non-hydrogen) atoms. The molecule has 1 saturated carbocycles. The Morgan fingerprint density at radius 1 is 1.12 bits per heavy atom. The van der Waals surface area contributed by atoms with Gasteiger partial charge in [-0.3, -0.25) is 4.79 Å². The van der Waals surface area contributed by atoms with Crippen molar-refractivity contribution in [3.63, 3.8) is 0 Å². The number of anilines is 1. The number of rotatable bonds is 7. The standard InChI is InChI=1S/C23H32F3N3O3/c1-17-21(31)28(11-3-2-10-27-12-9-22(7-8-22)20(30)16-27)13-14-29(17)18-5-4-6-19(15-18)32-23(24,25)26/h4-6,15,17,20,30H,2-3,7-14,16H2,1H3/t17?,20-/m1/s1. The van der Waals surface area contributed by atoms with Crippen LogP contribution in [0.25, 0.3) is 0 Å². The van der Waals surface area contributed by atoms with Crippen LogP contribution in [0, 0.1) is 5.41 Å². The monoisotopic (exact) mass is 455 g/mol. The Kier molecular flexibility index (Phi) is 6.58. The minimum absolute atomic E-state index is 0.0116. The number of alkyl halides is 3. The second-order valence-electron chi connectivity index (χ2n) is 9.38. The Morgan fingerprint density at radius 2 is 1.88 bits per heavy atom. The van der Waals surface area contributed by atoms with Crippen LogP contribution in [0.2, 0.25) is 0 Å². The molecule has 1 spiro atoms. The number of carbonyl (C=O) groups excluding carboxylic acids is 1. The molecule has 2 aliphatic heterocycles. The minimum Gasteiger partial charge on any atom is -0.406 e. The first kappa shape index (κ1) is 23.2. The maximum Gasteiger partial charge on any atom is 0.573 e. The SMILES string of the molecule is CC1C(=O)N(CCCCN2CCC3(CC3)[C@H](O)C2)CCN1c1cccc(OC(F)(F)F)c1. The molecule has 3 aliphatic rings. The Morgan fingerprint density at radius 3 is 2.56 bits per heavy atom. The van der Waals surface area contributed by atoms with Crippen LogP contribution in [0.15, 0.2) is 24.3 Å². The van der Waals surface area contributed by atoms with Crippen LogP contribution in [0.1, 0.15) is 39.0 Å². The number of halogens is 3. The average molecular weight is 456 g/mol. The highest BCUT2D eigenvalue weighted by Crippen LogP contribution is 2.53. The van der Waals surface area contributed by atoms with Gasteiger partial charge in [0.2, 0.25) is 5.91 Å². The van der Waals surface area contributed by atoms with E-state index in [4.69, 9.17) is 0 Å². The van der Waals surface area contributed by atoms with Crippen LogP contribution >= 0.6 is 0 Å². The molecule has 9 heteroatoms. The first-order valence-corrected chi connectivity index (χ1v) is 11.5. The largest absolute Gasteiger partial charge is 0.573 e. The molecule has 2 atom stereocenters. The summed E-state index contributed by atoms with van der Waals surface area (Å²) in [5.74, 6) is -0.296. The Balaban J connectivity index is 1.23. The quantitative estimate of drug-likeness (QED) is 0.640. The fourth-order valence-corrected chi connectivity index (χ4v) is 5.03. The van der Waals surface area contributed by atoms with Gasteiger partial charge in [0.05, 0.1) is 6.10 Å². The number of benzene rings is 1. The van der Waals surface area contributed by atoms with Crippen molar-refractivity contribution >= 4 is 11.6 Å². The minimum atomic E-state index is -4.75. The summed E-state index contributed by atoms with van der Waals surface area (Å²) < 4.78 is 41.6.